The SMILES string of the molecule is CCNCC1CCN(c2ncccc2OC)CC1. The van der Waals surface area contributed by atoms with Gasteiger partial charge in [0.25, 0.3) is 0 Å². The lowest BCUT2D eigenvalue weighted by Gasteiger charge is -2.33. The van der Waals surface area contributed by atoms with Gasteiger partial charge < -0.3 is 15.0 Å². The summed E-state index contributed by atoms with van der Waals surface area (Å²) < 4.78 is 5.37. The Kier molecular flexibility index (Phi) is 4.81. The van der Waals surface area contributed by atoms with Crippen molar-refractivity contribution in [2.24, 2.45) is 5.92 Å². The van der Waals surface area contributed by atoms with Crippen molar-refractivity contribution in [1.82, 2.24) is 10.3 Å². The van der Waals surface area contributed by atoms with Gasteiger partial charge in [0.1, 0.15) is 0 Å². The molecule has 2 rings (SSSR count). The van der Waals surface area contributed by atoms with Crippen molar-refractivity contribution >= 4 is 5.82 Å². The molecule has 1 N–H and O–H groups in total. The highest BCUT2D eigenvalue weighted by Gasteiger charge is 2.21. The molecule has 4 heteroatoms. The van der Waals surface area contributed by atoms with Crippen molar-refractivity contribution < 1.29 is 4.74 Å². The van der Waals surface area contributed by atoms with Gasteiger partial charge in [-0.25, -0.2) is 4.98 Å². The normalized spacial score (nSPS) is 16.9. The van der Waals surface area contributed by atoms with Crippen LogP contribution in [0.3, 0.4) is 0 Å². The van der Waals surface area contributed by atoms with Crippen LogP contribution in [0.2, 0.25) is 0 Å². The summed E-state index contributed by atoms with van der Waals surface area (Å²) in [7, 11) is 1.71. The van der Waals surface area contributed by atoms with Crippen molar-refractivity contribution in [1.29, 1.82) is 0 Å². The molecule has 1 aliphatic heterocycles. The van der Waals surface area contributed by atoms with Crippen LogP contribution in [-0.2, 0) is 0 Å². The van der Waals surface area contributed by atoms with Gasteiger partial charge in [0.05, 0.1) is 7.11 Å². The summed E-state index contributed by atoms with van der Waals surface area (Å²) in [5, 5.41) is 3.44. The van der Waals surface area contributed by atoms with E-state index in [2.05, 4.69) is 22.1 Å². The van der Waals surface area contributed by atoms with Crippen LogP contribution in [0.5, 0.6) is 5.75 Å². The topological polar surface area (TPSA) is 37.4 Å². The van der Waals surface area contributed by atoms with E-state index >= 15 is 0 Å². The van der Waals surface area contributed by atoms with Gasteiger partial charge in [-0.2, -0.15) is 0 Å². The third kappa shape index (κ3) is 3.13. The van der Waals surface area contributed by atoms with Crippen molar-refractivity contribution in [3.05, 3.63) is 18.3 Å². The molecule has 1 aromatic heterocycles. The molecule has 0 aromatic carbocycles. The predicted octanol–water partition coefficient (Wildman–Crippen LogP) is 1.92. The van der Waals surface area contributed by atoms with E-state index < -0.39 is 0 Å². The maximum Gasteiger partial charge on any atom is 0.171 e. The molecule has 0 unspecified atom stereocenters. The fourth-order valence-corrected chi connectivity index (χ4v) is 2.48. The van der Waals surface area contributed by atoms with Crippen molar-refractivity contribution in [3.63, 3.8) is 0 Å². The summed E-state index contributed by atoms with van der Waals surface area (Å²) >= 11 is 0. The molecule has 100 valence electrons. The van der Waals surface area contributed by atoms with Gasteiger partial charge in [-0.1, -0.05) is 6.92 Å². The minimum absolute atomic E-state index is 0.802. The van der Waals surface area contributed by atoms with Crippen molar-refractivity contribution in [2.75, 3.05) is 38.2 Å². The molecule has 0 atom stereocenters. The van der Waals surface area contributed by atoms with Gasteiger partial charge in [-0.15, -0.1) is 0 Å². The molecule has 0 amide bonds. The highest BCUT2D eigenvalue weighted by Crippen LogP contribution is 2.28. The van der Waals surface area contributed by atoms with Gasteiger partial charge in [0.2, 0.25) is 0 Å². The number of aromatic nitrogens is 1. The molecule has 0 saturated carbocycles. The maximum absolute atomic E-state index is 5.37. The second-order valence-electron chi connectivity index (χ2n) is 4.77. The lowest BCUT2D eigenvalue weighted by Crippen LogP contribution is -2.37. The first-order valence-electron chi connectivity index (χ1n) is 6.79. The molecule has 1 aliphatic rings. The summed E-state index contributed by atoms with van der Waals surface area (Å²) in [6.45, 7) is 6.51. The number of pyridine rings is 1. The number of hydrogen-bond donors (Lipinski definition) is 1. The Morgan fingerprint density at radius 3 is 2.89 bits per heavy atom. The molecule has 18 heavy (non-hydrogen) atoms. The number of ether oxygens (including phenoxy) is 1. The number of anilines is 1. The summed E-state index contributed by atoms with van der Waals surface area (Å²) in [6.07, 6.45) is 4.29. The van der Waals surface area contributed by atoms with Crippen LogP contribution >= 0.6 is 0 Å². The maximum atomic E-state index is 5.37. The average molecular weight is 249 g/mol. The standard InChI is InChI=1S/C14H23N3O/c1-3-15-11-12-6-9-17(10-7-12)14-13(18-2)5-4-8-16-14/h4-5,8,12,15H,3,6-7,9-11H2,1-2H3. The van der Waals surface area contributed by atoms with Gasteiger partial charge in [0, 0.05) is 19.3 Å². The molecular weight excluding hydrogens is 226 g/mol. The van der Waals surface area contributed by atoms with E-state index in [1.54, 1.807) is 7.11 Å². The van der Waals surface area contributed by atoms with Gasteiger partial charge in [-0.05, 0) is 44.0 Å². The summed E-state index contributed by atoms with van der Waals surface area (Å²) in [4.78, 5) is 6.78. The third-order valence-corrected chi connectivity index (χ3v) is 3.57. The van der Waals surface area contributed by atoms with Crippen LogP contribution < -0.4 is 15.0 Å². The first kappa shape index (κ1) is 13.1. The summed E-state index contributed by atoms with van der Waals surface area (Å²) in [5.74, 6) is 2.67. The largest absolute Gasteiger partial charge is 0.493 e. The minimum atomic E-state index is 0.802. The van der Waals surface area contributed by atoms with Crippen molar-refractivity contribution in [3.8, 4) is 5.75 Å². The fourth-order valence-electron chi connectivity index (χ4n) is 2.48. The Morgan fingerprint density at radius 1 is 1.44 bits per heavy atom. The Hall–Kier alpha value is -1.29. The van der Waals surface area contributed by atoms with Crippen LogP contribution in [0.25, 0.3) is 0 Å². The van der Waals surface area contributed by atoms with Gasteiger partial charge in [-0.3, -0.25) is 0 Å². The Morgan fingerprint density at radius 2 is 2.22 bits per heavy atom. The molecule has 1 aromatic rings. The predicted molar refractivity (Wildman–Crippen MR) is 74.3 cm³/mol. The molecule has 0 spiro atoms. The van der Waals surface area contributed by atoms with Crippen LogP contribution in [0.15, 0.2) is 18.3 Å². The zero-order valence-corrected chi connectivity index (χ0v) is 11.4. The van der Waals surface area contributed by atoms with E-state index in [0.29, 0.717) is 0 Å². The fraction of sp³-hybridized carbons (Fsp3) is 0.643. The van der Waals surface area contributed by atoms with Gasteiger partial charge >= 0.3 is 0 Å². The van der Waals surface area contributed by atoms with Crippen LogP contribution in [0.1, 0.15) is 19.8 Å². The zero-order chi connectivity index (χ0) is 12.8. The number of methoxy groups -OCH3 is 1. The molecular formula is C14H23N3O. The van der Waals surface area contributed by atoms with E-state index in [1.165, 1.54) is 12.8 Å². The first-order valence-corrected chi connectivity index (χ1v) is 6.79. The monoisotopic (exact) mass is 249 g/mol. The van der Waals surface area contributed by atoms with Crippen LogP contribution in [0.4, 0.5) is 5.82 Å². The molecule has 4 nitrogen and oxygen atoms in total. The van der Waals surface area contributed by atoms with Gasteiger partial charge in [0.15, 0.2) is 11.6 Å². The van der Waals surface area contributed by atoms with Crippen molar-refractivity contribution in [2.45, 2.75) is 19.8 Å². The smallest absolute Gasteiger partial charge is 0.171 e. The highest BCUT2D eigenvalue weighted by atomic mass is 16.5. The Balaban J connectivity index is 1.92. The number of hydrogen-bond acceptors (Lipinski definition) is 4. The molecule has 0 bridgehead atoms. The van der Waals surface area contributed by atoms with E-state index in [9.17, 15) is 0 Å². The van der Waals surface area contributed by atoms with E-state index in [0.717, 1.165) is 43.7 Å². The Bertz CT molecular complexity index is 362. The van der Waals surface area contributed by atoms with Crippen LogP contribution in [-0.4, -0.2) is 38.3 Å². The number of nitrogens with zero attached hydrogens (tertiary/aromatic N) is 2. The second-order valence-corrected chi connectivity index (χ2v) is 4.77. The number of piperidine rings is 1. The molecule has 2 heterocycles. The quantitative estimate of drug-likeness (QED) is 0.865. The lowest BCUT2D eigenvalue weighted by molar-refractivity contribution is 0.376. The zero-order valence-electron chi connectivity index (χ0n) is 11.4. The minimum Gasteiger partial charge on any atom is -0.493 e. The summed E-state index contributed by atoms with van der Waals surface area (Å²) in [5.41, 5.74) is 0. The molecule has 0 radical (unpaired) electrons. The Labute approximate surface area is 109 Å². The molecule has 1 saturated heterocycles. The van der Waals surface area contributed by atoms with Crippen LogP contribution in [0, 0.1) is 5.92 Å². The lowest BCUT2D eigenvalue weighted by atomic mass is 9.97. The molecule has 1 fully saturated rings. The number of nitrogens with one attached hydrogen (secondary N) is 1. The summed E-state index contributed by atoms with van der Waals surface area (Å²) in [6, 6.07) is 3.90. The average Bonchev–Trinajstić information content (AvgIpc) is 2.45. The third-order valence-electron chi connectivity index (χ3n) is 3.57. The highest BCUT2D eigenvalue weighted by molar-refractivity contribution is 5.52. The molecule has 0 aliphatic carbocycles. The number of rotatable bonds is 5. The first-order chi connectivity index (χ1) is 8.85. The second kappa shape index (κ2) is 6.59. The van der Waals surface area contributed by atoms with E-state index in [4.69, 9.17) is 4.74 Å². The van der Waals surface area contributed by atoms with E-state index in [1.807, 2.05) is 18.3 Å². The van der Waals surface area contributed by atoms with E-state index in [-0.39, 0.29) is 0 Å².